The number of ether oxygens (including phenoxy) is 1. The first kappa shape index (κ1) is 24.7. The number of benzene rings is 2. The van der Waals surface area contributed by atoms with Gasteiger partial charge in [0, 0.05) is 29.8 Å². The Bertz CT molecular complexity index is 1480. The second kappa shape index (κ2) is 10.4. The van der Waals surface area contributed by atoms with Crippen LogP contribution in [0.15, 0.2) is 65.9 Å². The SMILES string of the molecule is CCOC(=O)c1c(C)c(-c2ccccc2)n(CC(=O)N/N=C/c2cn(C(C)=O)c3ccccc23)c1C. The van der Waals surface area contributed by atoms with Crippen LogP contribution in [0.3, 0.4) is 0 Å². The van der Waals surface area contributed by atoms with E-state index in [1.807, 2.05) is 66.1 Å². The zero-order chi connectivity index (χ0) is 25.8. The summed E-state index contributed by atoms with van der Waals surface area (Å²) in [5, 5.41) is 4.99. The number of carbonyl (C=O) groups is 3. The van der Waals surface area contributed by atoms with E-state index in [9.17, 15) is 14.4 Å². The van der Waals surface area contributed by atoms with Crippen molar-refractivity contribution in [3.63, 3.8) is 0 Å². The number of hydrogen-bond donors (Lipinski definition) is 1. The fraction of sp³-hybridized carbons (Fsp3) is 0.214. The molecular weight excluding hydrogens is 456 g/mol. The van der Waals surface area contributed by atoms with Crippen molar-refractivity contribution in [3.05, 3.63) is 83.2 Å². The molecule has 0 spiro atoms. The number of hydrogen-bond acceptors (Lipinski definition) is 5. The molecule has 0 atom stereocenters. The third-order valence-electron chi connectivity index (χ3n) is 6.07. The van der Waals surface area contributed by atoms with Crippen LogP contribution in [0, 0.1) is 13.8 Å². The average molecular weight is 485 g/mol. The van der Waals surface area contributed by atoms with E-state index >= 15 is 0 Å². The summed E-state index contributed by atoms with van der Waals surface area (Å²) < 4.78 is 8.62. The molecule has 4 rings (SSSR count). The molecule has 1 N–H and O–H groups in total. The molecule has 184 valence electrons. The van der Waals surface area contributed by atoms with Gasteiger partial charge in [0.2, 0.25) is 5.91 Å². The number of nitrogens with one attached hydrogen (secondary N) is 1. The lowest BCUT2D eigenvalue weighted by molar-refractivity contribution is -0.121. The molecule has 2 aromatic carbocycles. The highest BCUT2D eigenvalue weighted by molar-refractivity contribution is 6.03. The highest BCUT2D eigenvalue weighted by Crippen LogP contribution is 2.31. The van der Waals surface area contributed by atoms with E-state index in [1.165, 1.54) is 13.1 Å². The normalized spacial score (nSPS) is 11.2. The fourth-order valence-electron chi connectivity index (χ4n) is 4.49. The maximum atomic E-state index is 12.9. The molecule has 0 aliphatic heterocycles. The van der Waals surface area contributed by atoms with E-state index in [2.05, 4.69) is 10.5 Å². The lowest BCUT2D eigenvalue weighted by Gasteiger charge is -2.11. The second-order valence-electron chi connectivity index (χ2n) is 8.39. The molecule has 0 unspecified atom stereocenters. The van der Waals surface area contributed by atoms with Crippen LogP contribution in [-0.2, 0) is 16.1 Å². The summed E-state index contributed by atoms with van der Waals surface area (Å²) in [6.07, 6.45) is 3.22. The summed E-state index contributed by atoms with van der Waals surface area (Å²) in [5.41, 5.74) is 7.59. The number of rotatable bonds is 7. The third-order valence-corrected chi connectivity index (χ3v) is 6.07. The van der Waals surface area contributed by atoms with Gasteiger partial charge in [0.25, 0.3) is 5.91 Å². The first-order chi connectivity index (χ1) is 17.3. The molecule has 0 fully saturated rings. The highest BCUT2D eigenvalue weighted by atomic mass is 16.5. The van der Waals surface area contributed by atoms with Crippen molar-refractivity contribution >= 4 is 34.9 Å². The summed E-state index contributed by atoms with van der Waals surface area (Å²) in [7, 11) is 0. The van der Waals surface area contributed by atoms with Crippen LogP contribution >= 0.6 is 0 Å². The summed E-state index contributed by atoms with van der Waals surface area (Å²) in [6, 6.07) is 17.1. The van der Waals surface area contributed by atoms with Crippen molar-refractivity contribution in [1.29, 1.82) is 0 Å². The molecule has 0 aliphatic rings. The second-order valence-corrected chi connectivity index (χ2v) is 8.39. The molecular formula is C28H28N4O4. The number of esters is 1. The molecule has 2 aromatic heterocycles. The Morgan fingerprint density at radius 2 is 1.72 bits per heavy atom. The van der Waals surface area contributed by atoms with Gasteiger partial charge in [-0.05, 0) is 38.0 Å². The zero-order valence-electron chi connectivity index (χ0n) is 20.7. The Hall–Kier alpha value is -4.46. The average Bonchev–Trinajstić information content (AvgIpc) is 3.34. The summed E-state index contributed by atoms with van der Waals surface area (Å²) in [4.78, 5) is 37.5. The van der Waals surface area contributed by atoms with Crippen molar-refractivity contribution in [1.82, 2.24) is 14.6 Å². The van der Waals surface area contributed by atoms with Crippen LogP contribution in [0.4, 0.5) is 0 Å². The van der Waals surface area contributed by atoms with Gasteiger partial charge >= 0.3 is 5.97 Å². The van der Waals surface area contributed by atoms with Crippen LogP contribution in [-0.4, -0.2) is 39.7 Å². The largest absolute Gasteiger partial charge is 0.462 e. The summed E-state index contributed by atoms with van der Waals surface area (Å²) in [5.74, 6) is -0.879. The van der Waals surface area contributed by atoms with Crippen molar-refractivity contribution in [2.24, 2.45) is 5.10 Å². The molecule has 8 heteroatoms. The number of para-hydroxylation sites is 1. The smallest absolute Gasteiger partial charge is 0.340 e. The van der Waals surface area contributed by atoms with Crippen LogP contribution < -0.4 is 5.43 Å². The molecule has 0 saturated carbocycles. The first-order valence-corrected chi connectivity index (χ1v) is 11.7. The number of fused-ring (bicyclic) bond motifs is 1. The van der Waals surface area contributed by atoms with E-state index in [0.29, 0.717) is 16.8 Å². The lowest BCUT2D eigenvalue weighted by Crippen LogP contribution is -2.24. The third kappa shape index (κ3) is 4.70. The first-order valence-electron chi connectivity index (χ1n) is 11.7. The van der Waals surface area contributed by atoms with Gasteiger partial charge in [-0.2, -0.15) is 5.10 Å². The van der Waals surface area contributed by atoms with Gasteiger partial charge < -0.3 is 9.30 Å². The van der Waals surface area contributed by atoms with Gasteiger partial charge in [0.05, 0.1) is 29.6 Å². The van der Waals surface area contributed by atoms with Gasteiger partial charge in [-0.15, -0.1) is 0 Å². The Morgan fingerprint density at radius 1 is 1.03 bits per heavy atom. The van der Waals surface area contributed by atoms with Gasteiger partial charge in [-0.3, -0.25) is 14.2 Å². The Balaban J connectivity index is 1.62. The lowest BCUT2D eigenvalue weighted by atomic mass is 10.1. The predicted molar refractivity (Wildman–Crippen MR) is 139 cm³/mol. The maximum absolute atomic E-state index is 12.9. The van der Waals surface area contributed by atoms with E-state index in [4.69, 9.17) is 4.74 Å². The van der Waals surface area contributed by atoms with Crippen LogP contribution in [0.25, 0.3) is 22.2 Å². The number of hydrazone groups is 1. The zero-order valence-corrected chi connectivity index (χ0v) is 20.7. The Labute approximate surface area is 209 Å². The standard InChI is InChI=1S/C28H28N4O4/c1-5-36-28(35)26-18(2)27(21-11-7-6-8-12-21)31(19(26)3)17-25(34)30-29-15-22-16-32(20(4)33)24-14-10-9-13-23(22)24/h6-16H,5,17H2,1-4H3,(H,30,34)/b29-15+. The molecule has 4 aromatic rings. The van der Waals surface area contributed by atoms with Crippen LogP contribution in [0.2, 0.25) is 0 Å². The van der Waals surface area contributed by atoms with Gasteiger partial charge in [0.15, 0.2) is 0 Å². The number of amides is 1. The molecule has 0 bridgehead atoms. The molecule has 0 radical (unpaired) electrons. The summed E-state index contributed by atoms with van der Waals surface area (Å²) in [6.45, 7) is 7.14. The molecule has 0 aliphatic carbocycles. The summed E-state index contributed by atoms with van der Waals surface area (Å²) >= 11 is 0. The van der Waals surface area contributed by atoms with Crippen molar-refractivity contribution in [2.75, 3.05) is 6.61 Å². The van der Waals surface area contributed by atoms with E-state index in [-0.39, 0.29) is 25.0 Å². The predicted octanol–water partition coefficient (Wildman–Crippen LogP) is 4.71. The van der Waals surface area contributed by atoms with Gasteiger partial charge in [-0.1, -0.05) is 48.5 Å². The minimum Gasteiger partial charge on any atom is -0.462 e. The minimum atomic E-state index is -0.413. The Morgan fingerprint density at radius 3 is 2.42 bits per heavy atom. The molecule has 0 saturated heterocycles. The van der Waals surface area contributed by atoms with Crippen LogP contribution in [0.1, 0.15) is 45.8 Å². The number of nitrogens with zero attached hydrogens (tertiary/aromatic N) is 3. The fourth-order valence-corrected chi connectivity index (χ4v) is 4.49. The van der Waals surface area contributed by atoms with Crippen molar-refractivity contribution in [3.8, 4) is 11.3 Å². The van der Waals surface area contributed by atoms with E-state index in [0.717, 1.165) is 27.7 Å². The number of carbonyl (C=O) groups excluding carboxylic acids is 3. The quantitative estimate of drug-likeness (QED) is 0.233. The minimum absolute atomic E-state index is 0.0388. The topological polar surface area (TPSA) is 94.7 Å². The van der Waals surface area contributed by atoms with E-state index in [1.54, 1.807) is 24.6 Å². The monoisotopic (exact) mass is 484 g/mol. The van der Waals surface area contributed by atoms with Crippen molar-refractivity contribution in [2.45, 2.75) is 34.2 Å². The molecule has 8 nitrogen and oxygen atoms in total. The molecule has 36 heavy (non-hydrogen) atoms. The van der Waals surface area contributed by atoms with Crippen LogP contribution in [0.5, 0.6) is 0 Å². The van der Waals surface area contributed by atoms with E-state index < -0.39 is 5.97 Å². The molecule has 2 heterocycles. The Kier molecular flexibility index (Phi) is 7.15. The highest BCUT2D eigenvalue weighted by Gasteiger charge is 2.25. The number of aromatic nitrogens is 2. The maximum Gasteiger partial charge on any atom is 0.340 e. The van der Waals surface area contributed by atoms with Gasteiger partial charge in [-0.25, -0.2) is 10.2 Å². The molecule has 1 amide bonds. The van der Waals surface area contributed by atoms with Crippen molar-refractivity contribution < 1.29 is 19.1 Å². The van der Waals surface area contributed by atoms with Gasteiger partial charge in [0.1, 0.15) is 6.54 Å².